The molecule has 0 aromatic carbocycles. The Labute approximate surface area is 102 Å². The molecule has 2 aliphatic carbocycles. The Balaban J connectivity index is 1.91. The molecule has 1 fully saturated rings. The Kier molecular flexibility index (Phi) is 2.81. The summed E-state index contributed by atoms with van der Waals surface area (Å²) >= 11 is 2.13. The van der Waals surface area contributed by atoms with Crippen LogP contribution in [0.1, 0.15) is 6.92 Å². The molecule has 1 aliphatic heterocycles. The molecule has 1 heterocycles. The summed E-state index contributed by atoms with van der Waals surface area (Å²) in [6, 6.07) is 0. The number of hydrogen-bond donors (Lipinski definition) is 0. The van der Waals surface area contributed by atoms with Gasteiger partial charge in [-0.1, -0.05) is 55.5 Å². The molecule has 5 unspecified atom stereocenters. The minimum Gasteiger partial charge on any atom is -0.153 e. The standard InChI is InChI=1S/C15H18S/c1-11-13-7-3-2-6-12(13)10-16-15-9-5-4-8-14(11)15/h2-9,11-15H,10H2,1H3. The first-order valence-electron chi connectivity index (χ1n) is 6.18. The van der Waals surface area contributed by atoms with Crippen molar-refractivity contribution < 1.29 is 0 Å². The Morgan fingerprint density at radius 2 is 1.56 bits per heavy atom. The van der Waals surface area contributed by atoms with E-state index in [0.717, 1.165) is 23.7 Å². The van der Waals surface area contributed by atoms with Crippen LogP contribution in [-0.2, 0) is 0 Å². The predicted molar refractivity (Wildman–Crippen MR) is 72.4 cm³/mol. The van der Waals surface area contributed by atoms with Crippen molar-refractivity contribution in [3.8, 4) is 0 Å². The Morgan fingerprint density at radius 1 is 0.875 bits per heavy atom. The molecular formula is C15H18S. The summed E-state index contributed by atoms with van der Waals surface area (Å²) in [5.74, 6) is 4.24. The number of hydrogen-bond acceptors (Lipinski definition) is 1. The molecule has 0 nitrogen and oxygen atoms in total. The molecular weight excluding hydrogens is 212 g/mol. The molecule has 1 saturated heterocycles. The highest BCUT2D eigenvalue weighted by Gasteiger charge is 2.36. The average Bonchev–Trinajstić information content (AvgIpc) is 2.49. The van der Waals surface area contributed by atoms with Crippen molar-refractivity contribution in [2.45, 2.75) is 12.2 Å². The van der Waals surface area contributed by atoms with E-state index in [1.54, 1.807) is 0 Å². The maximum Gasteiger partial charge on any atom is 0.0296 e. The molecule has 0 aromatic rings. The van der Waals surface area contributed by atoms with Crippen LogP contribution in [0.3, 0.4) is 0 Å². The van der Waals surface area contributed by atoms with Gasteiger partial charge in [-0.25, -0.2) is 0 Å². The van der Waals surface area contributed by atoms with Crippen molar-refractivity contribution in [1.29, 1.82) is 0 Å². The van der Waals surface area contributed by atoms with E-state index in [9.17, 15) is 0 Å². The van der Waals surface area contributed by atoms with E-state index in [2.05, 4.69) is 67.3 Å². The van der Waals surface area contributed by atoms with Crippen molar-refractivity contribution in [2.75, 3.05) is 5.75 Å². The number of rotatable bonds is 0. The van der Waals surface area contributed by atoms with Gasteiger partial charge in [0.2, 0.25) is 0 Å². The first kappa shape index (κ1) is 10.5. The average molecular weight is 230 g/mol. The minimum absolute atomic E-state index is 0.701. The van der Waals surface area contributed by atoms with E-state index in [4.69, 9.17) is 0 Å². The molecule has 3 aliphatic rings. The van der Waals surface area contributed by atoms with Gasteiger partial charge in [0.25, 0.3) is 0 Å². The molecule has 5 atom stereocenters. The largest absolute Gasteiger partial charge is 0.153 e. The Morgan fingerprint density at radius 3 is 2.44 bits per heavy atom. The second kappa shape index (κ2) is 4.29. The molecule has 0 N–H and O–H groups in total. The van der Waals surface area contributed by atoms with Gasteiger partial charge in [-0.3, -0.25) is 0 Å². The van der Waals surface area contributed by atoms with E-state index in [-0.39, 0.29) is 0 Å². The van der Waals surface area contributed by atoms with E-state index in [1.807, 2.05) is 0 Å². The monoisotopic (exact) mass is 230 g/mol. The zero-order valence-electron chi connectivity index (χ0n) is 9.62. The van der Waals surface area contributed by atoms with Crippen molar-refractivity contribution >= 4 is 11.8 Å². The number of allylic oxidation sites excluding steroid dienone is 7. The third kappa shape index (κ3) is 1.71. The maximum absolute atomic E-state index is 2.42. The lowest BCUT2D eigenvalue weighted by molar-refractivity contribution is 0.300. The zero-order chi connectivity index (χ0) is 11.0. The molecule has 0 aromatic heterocycles. The summed E-state index contributed by atoms with van der Waals surface area (Å²) < 4.78 is 0. The van der Waals surface area contributed by atoms with Crippen molar-refractivity contribution in [3.63, 3.8) is 0 Å². The Hall–Kier alpha value is -0.690. The lowest BCUT2D eigenvalue weighted by atomic mass is 9.73. The van der Waals surface area contributed by atoms with Gasteiger partial charge in [0.05, 0.1) is 0 Å². The fourth-order valence-electron chi connectivity index (χ4n) is 3.13. The van der Waals surface area contributed by atoms with Crippen LogP contribution in [0.4, 0.5) is 0 Å². The smallest absolute Gasteiger partial charge is 0.0296 e. The number of fused-ring (bicyclic) bond motifs is 2. The third-order valence-corrected chi connectivity index (χ3v) is 5.55. The summed E-state index contributed by atoms with van der Waals surface area (Å²) in [5.41, 5.74) is 0. The number of thioether (sulfide) groups is 1. The summed E-state index contributed by atoms with van der Waals surface area (Å²) in [6.45, 7) is 2.42. The molecule has 0 spiro atoms. The van der Waals surface area contributed by atoms with Crippen molar-refractivity contribution in [2.24, 2.45) is 23.7 Å². The normalized spacial score (nSPS) is 44.9. The van der Waals surface area contributed by atoms with Crippen LogP contribution in [0.2, 0.25) is 0 Å². The molecule has 0 radical (unpaired) electrons. The van der Waals surface area contributed by atoms with Gasteiger partial charge in [0.1, 0.15) is 0 Å². The second-order valence-electron chi connectivity index (χ2n) is 5.02. The van der Waals surface area contributed by atoms with Gasteiger partial charge in [0, 0.05) is 11.0 Å². The summed E-state index contributed by atoms with van der Waals surface area (Å²) in [7, 11) is 0. The van der Waals surface area contributed by atoms with Gasteiger partial charge in [0.15, 0.2) is 0 Å². The highest BCUT2D eigenvalue weighted by atomic mass is 32.2. The van der Waals surface area contributed by atoms with Gasteiger partial charge in [-0.2, -0.15) is 11.8 Å². The van der Waals surface area contributed by atoms with Crippen LogP contribution < -0.4 is 0 Å². The van der Waals surface area contributed by atoms with Gasteiger partial charge in [-0.15, -0.1) is 0 Å². The van der Waals surface area contributed by atoms with Gasteiger partial charge >= 0.3 is 0 Å². The fourth-order valence-corrected chi connectivity index (χ4v) is 4.67. The SMILES string of the molecule is CC1C2C=CC=CC2CSC2C=CC=CC21. The molecule has 0 saturated carbocycles. The van der Waals surface area contributed by atoms with Gasteiger partial charge < -0.3 is 0 Å². The van der Waals surface area contributed by atoms with Crippen LogP contribution in [0.15, 0.2) is 48.6 Å². The second-order valence-corrected chi connectivity index (χ2v) is 6.23. The highest BCUT2D eigenvalue weighted by Crippen LogP contribution is 2.44. The summed E-state index contributed by atoms with van der Waals surface area (Å²) in [6.07, 6.45) is 18.5. The topological polar surface area (TPSA) is 0 Å². The van der Waals surface area contributed by atoms with E-state index in [0.29, 0.717) is 5.25 Å². The predicted octanol–water partition coefficient (Wildman–Crippen LogP) is 3.84. The lowest BCUT2D eigenvalue weighted by Gasteiger charge is -2.31. The molecule has 0 bridgehead atoms. The van der Waals surface area contributed by atoms with Crippen LogP contribution in [0.5, 0.6) is 0 Å². The van der Waals surface area contributed by atoms with Crippen LogP contribution in [0.25, 0.3) is 0 Å². The molecule has 1 heteroatoms. The van der Waals surface area contributed by atoms with Crippen molar-refractivity contribution in [1.82, 2.24) is 0 Å². The Bertz CT molecular complexity index is 339. The molecule has 0 amide bonds. The third-order valence-electron chi connectivity index (χ3n) is 4.12. The van der Waals surface area contributed by atoms with Crippen molar-refractivity contribution in [3.05, 3.63) is 48.6 Å². The van der Waals surface area contributed by atoms with Crippen LogP contribution in [0, 0.1) is 23.7 Å². The molecule has 84 valence electrons. The minimum atomic E-state index is 0.701. The maximum atomic E-state index is 2.42. The first-order chi connectivity index (χ1) is 7.86. The first-order valence-corrected chi connectivity index (χ1v) is 7.23. The lowest BCUT2D eigenvalue weighted by Crippen LogP contribution is -2.27. The fraction of sp³-hybridized carbons (Fsp3) is 0.467. The van der Waals surface area contributed by atoms with Crippen LogP contribution in [-0.4, -0.2) is 11.0 Å². The van der Waals surface area contributed by atoms with E-state index in [1.165, 1.54) is 5.75 Å². The van der Waals surface area contributed by atoms with E-state index >= 15 is 0 Å². The van der Waals surface area contributed by atoms with Crippen LogP contribution >= 0.6 is 11.8 Å². The van der Waals surface area contributed by atoms with E-state index < -0.39 is 0 Å². The molecule has 16 heavy (non-hydrogen) atoms. The summed E-state index contributed by atoms with van der Waals surface area (Å²) in [5, 5.41) is 0.701. The highest BCUT2D eigenvalue weighted by molar-refractivity contribution is 8.00. The quantitative estimate of drug-likeness (QED) is 0.609. The molecule has 3 rings (SSSR count). The van der Waals surface area contributed by atoms with Gasteiger partial charge in [-0.05, 0) is 23.7 Å². The summed E-state index contributed by atoms with van der Waals surface area (Å²) in [4.78, 5) is 0. The zero-order valence-corrected chi connectivity index (χ0v) is 10.4.